The summed E-state index contributed by atoms with van der Waals surface area (Å²) in [4.78, 5) is 15.6. The molecule has 1 aliphatic heterocycles. The maximum atomic E-state index is 13.1. The Hall–Kier alpha value is -2.71. The molecule has 158 valence electrons. The monoisotopic (exact) mass is 409 g/mol. The fraction of sp³-hybridized carbons (Fsp3) is 0.345. The van der Waals surface area contributed by atoms with Gasteiger partial charge in [-0.2, -0.15) is 0 Å². The van der Waals surface area contributed by atoms with E-state index in [1.807, 2.05) is 0 Å². The second-order valence-electron chi connectivity index (χ2n) is 9.57. The van der Waals surface area contributed by atoms with Crippen LogP contribution in [0.1, 0.15) is 40.7 Å². The molecule has 1 saturated carbocycles. The Kier molecular flexibility index (Phi) is 5.27. The van der Waals surface area contributed by atoms with Crippen molar-refractivity contribution in [1.82, 2.24) is 4.90 Å². The van der Waals surface area contributed by atoms with Crippen LogP contribution >= 0.6 is 0 Å². The molecule has 1 heterocycles. The van der Waals surface area contributed by atoms with Crippen LogP contribution in [0, 0.1) is 25.7 Å². The van der Waals surface area contributed by atoms with Gasteiger partial charge in [0, 0.05) is 37.4 Å². The zero-order valence-corrected chi connectivity index (χ0v) is 18.6. The van der Waals surface area contributed by atoms with E-state index in [0.29, 0.717) is 18.1 Å². The summed E-state index contributed by atoms with van der Waals surface area (Å²) < 4.78 is 0. The van der Waals surface area contributed by atoms with E-state index in [-0.39, 0.29) is 11.3 Å². The number of ketones is 1. The Balaban J connectivity index is 1.60. The maximum Gasteiger partial charge on any atom is 0.137 e. The first-order valence-electron chi connectivity index (χ1n) is 11.5. The van der Waals surface area contributed by atoms with Crippen molar-refractivity contribution in [1.29, 1.82) is 0 Å². The molecule has 0 spiro atoms. The third-order valence-electron chi connectivity index (χ3n) is 7.52. The average molecular weight is 410 g/mol. The lowest BCUT2D eigenvalue weighted by atomic mass is 9.56. The average Bonchev–Trinajstić information content (AvgIpc) is 3.20. The Bertz CT molecular complexity index is 1040. The standard InChI is InChI=1S/C29H31NO/c1-21-8-6-12-24(16-21)29(25-13-7-9-22(2)17-25)15-14-28(31)26-19-30(20-27(26)29)18-23-10-4-3-5-11-23/h3-13,16-17,26-27H,14-15,18-20H2,1-2H3. The first kappa shape index (κ1) is 20.2. The number of likely N-dealkylation sites (tertiary alicyclic amines) is 1. The van der Waals surface area contributed by atoms with Crippen LogP contribution in [0.4, 0.5) is 0 Å². The number of carbonyl (C=O) groups is 1. The van der Waals surface area contributed by atoms with Gasteiger partial charge in [-0.1, -0.05) is 90.0 Å². The lowest BCUT2D eigenvalue weighted by Crippen LogP contribution is -2.47. The molecule has 2 aliphatic rings. The van der Waals surface area contributed by atoms with Crippen molar-refractivity contribution in [3.8, 4) is 0 Å². The highest BCUT2D eigenvalue weighted by atomic mass is 16.1. The van der Waals surface area contributed by atoms with Crippen LogP contribution < -0.4 is 0 Å². The number of hydrogen-bond acceptors (Lipinski definition) is 2. The number of fused-ring (bicyclic) bond motifs is 1. The molecule has 5 rings (SSSR count). The van der Waals surface area contributed by atoms with Crippen LogP contribution in [0.2, 0.25) is 0 Å². The lowest BCUT2D eigenvalue weighted by molar-refractivity contribution is -0.126. The summed E-state index contributed by atoms with van der Waals surface area (Å²) >= 11 is 0. The highest BCUT2D eigenvalue weighted by molar-refractivity contribution is 5.84. The van der Waals surface area contributed by atoms with E-state index in [9.17, 15) is 4.79 Å². The molecule has 2 nitrogen and oxygen atoms in total. The third kappa shape index (κ3) is 3.64. The number of carbonyl (C=O) groups excluding carboxylic acids is 1. The molecule has 3 aromatic rings. The molecule has 1 aliphatic carbocycles. The Morgan fingerprint density at radius 2 is 1.48 bits per heavy atom. The van der Waals surface area contributed by atoms with Gasteiger partial charge < -0.3 is 0 Å². The number of Topliss-reactive ketones (excluding diaryl/α,β-unsaturated/α-hetero) is 1. The van der Waals surface area contributed by atoms with Crippen molar-refractivity contribution in [3.05, 3.63) is 107 Å². The maximum absolute atomic E-state index is 13.1. The Morgan fingerprint density at radius 1 is 0.839 bits per heavy atom. The van der Waals surface area contributed by atoms with Crippen molar-refractivity contribution in [3.63, 3.8) is 0 Å². The summed E-state index contributed by atoms with van der Waals surface area (Å²) in [5, 5.41) is 0. The predicted octanol–water partition coefficient (Wildman–Crippen LogP) is 5.70. The molecular formula is C29H31NO. The highest BCUT2D eigenvalue weighted by Crippen LogP contribution is 2.52. The number of rotatable bonds is 4. The van der Waals surface area contributed by atoms with E-state index in [1.54, 1.807) is 0 Å². The van der Waals surface area contributed by atoms with E-state index in [1.165, 1.54) is 27.8 Å². The van der Waals surface area contributed by atoms with Gasteiger partial charge in [0.1, 0.15) is 5.78 Å². The van der Waals surface area contributed by atoms with Crippen molar-refractivity contribution in [2.45, 2.75) is 38.6 Å². The van der Waals surface area contributed by atoms with E-state index >= 15 is 0 Å². The summed E-state index contributed by atoms with van der Waals surface area (Å²) in [6.45, 7) is 7.11. The molecule has 1 saturated heterocycles. The van der Waals surface area contributed by atoms with E-state index in [0.717, 1.165) is 26.1 Å². The van der Waals surface area contributed by atoms with Crippen molar-refractivity contribution >= 4 is 5.78 Å². The minimum atomic E-state index is -0.109. The fourth-order valence-electron chi connectivity index (χ4n) is 6.10. The van der Waals surface area contributed by atoms with E-state index < -0.39 is 0 Å². The molecule has 3 aromatic carbocycles. The fourth-order valence-corrected chi connectivity index (χ4v) is 6.10. The van der Waals surface area contributed by atoms with Crippen LogP contribution in [-0.4, -0.2) is 23.8 Å². The summed E-state index contributed by atoms with van der Waals surface area (Å²) in [6.07, 6.45) is 1.57. The zero-order valence-electron chi connectivity index (χ0n) is 18.6. The van der Waals surface area contributed by atoms with Crippen LogP contribution in [0.15, 0.2) is 78.9 Å². The molecule has 2 fully saturated rings. The quantitative estimate of drug-likeness (QED) is 0.551. The second-order valence-corrected chi connectivity index (χ2v) is 9.57. The highest BCUT2D eigenvalue weighted by Gasteiger charge is 2.54. The summed E-state index contributed by atoms with van der Waals surface area (Å²) in [5.74, 6) is 0.871. The minimum absolute atomic E-state index is 0.109. The second kappa shape index (κ2) is 8.09. The minimum Gasteiger partial charge on any atom is -0.299 e. The normalized spacial score (nSPS) is 23.0. The summed E-state index contributed by atoms with van der Waals surface area (Å²) in [6, 6.07) is 28.7. The molecule has 0 aromatic heterocycles. The Morgan fingerprint density at radius 3 is 2.10 bits per heavy atom. The first-order valence-corrected chi connectivity index (χ1v) is 11.5. The summed E-state index contributed by atoms with van der Waals surface area (Å²) in [7, 11) is 0. The molecule has 0 N–H and O–H groups in total. The van der Waals surface area contributed by atoms with Crippen molar-refractivity contribution in [2.24, 2.45) is 11.8 Å². The third-order valence-corrected chi connectivity index (χ3v) is 7.52. The molecular weight excluding hydrogens is 378 g/mol. The molecule has 31 heavy (non-hydrogen) atoms. The van der Waals surface area contributed by atoms with Gasteiger partial charge in [-0.05, 0) is 42.9 Å². The number of hydrogen-bond donors (Lipinski definition) is 0. The number of aryl methyl sites for hydroxylation is 2. The van der Waals surface area contributed by atoms with Crippen LogP contribution in [0.3, 0.4) is 0 Å². The largest absolute Gasteiger partial charge is 0.299 e. The van der Waals surface area contributed by atoms with Crippen molar-refractivity contribution < 1.29 is 4.79 Å². The number of nitrogens with zero attached hydrogens (tertiary/aromatic N) is 1. The predicted molar refractivity (Wildman–Crippen MR) is 126 cm³/mol. The van der Waals surface area contributed by atoms with Crippen LogP contribution in [0.5, 0.6) is 0 Å². The van der Waals surface area contributed by atoms with Gasteiger partial charge in [0.2, 0.25) is 0 Å². The van der Waals surface area contributed by atoms with Gasteiger partial charge in [-0.3, -0.25) is 9.69 Å². The van der Waals surface area contributed by atoms with E-state index in [4.69, 9.17) is 0 Å². The summed E-state index contributed by atoms with van der Waals surface area (Å²) in [5.41, 5.74) is 6.55. The van der Waals surface area contributed by atoms with Gasteiger partial charge in [0.25, 0.3) is 0 Å². The van der Waals surface area contributed by atoms with Gasteiger partial charge in [0.05, 0.1) is 0 Å². The van der Waals surface area contributed by atoms with Crippen molar-refractivity contribution in [2.75, 3.05) is 13.1 Å². The molecule has 2 atom stereocenters. The van der Waals surface area contributed by atoms with E-state index in [2.05, 4.69) is 97.6 Å². The van der Waals surface area contributed by atoms with Gasteiger partial charge >= 0.3 is 0 Å². The smallest absolute Gasteiger partial charge is 0.137 e. The lowest BCUT2D eigenvalue weighted by Gasteiger charge is -2.46. The zero-order chi connectivity index (χ0) is 21.4. The topological polar surface area (TPSA) is 20.3 Å². The number of benzene rings is 3. The molecule has 0 radical (unpaired) electrons. The van der Waals surface area contributed by atoms with Gasteiger partial charge in [-0.15, -0.1) is 0 Å². The van der Waals surface area contributed by atoms with Crippen LogP contribution in [0.25, 0.3) is 0 Å². The van der Waals surface area contributed by atoms with Crippen LogP contribution in [-0.2, 0) is 16.8 Å². The molecule has 2 heteroatoms. The molecule has 0 bridgehead atoms. The SMILES string of the molecule is Cc1cccc(C2(c3cccc(C)c3)CCC(=O)C3CN(Cc4ccccc4)CC32)c1. The first-order chi connectivity index (χ1) is 15.1. The Labute approximate surface area is 185 Å². The molecule has 0 amide bonds. The van der Waals surface area contributed by atoms with Gasteiger partial charge in [-0.25, -0.2) is 0 Å². The van der Waals surface area contributed by atoms with Gasteiger partial charge in [0.15, 0.2) is 0 Å². The molecule has 2 unspecified atom stereocenters.